The predicted molar refractivity (Wildman–Crippen MR) is 88.8 cm³/mol. The molecule has 0 unspecified atom stereocenters. The number of rotatable bonds is 8. The number of hydrogen-bond donors (Lipinski definition) is 1. The van der Waals surface area contributed by atoms with E-state index in [1.54, 1.807) is 19.2 Å². The fourth-order valence-electron chi connectivity index (χ4n) is 2.01. The fourth-order valence-corrected chi connectivity index (χ4v) is 3.06. The third-order valence-electron chi connectivity index (χ3n) is 3.18. The smallest absolute Gasteiger partial charge is 0.123 e. The van der Waals surface area contributed by atoms with Gasteiger partial charge in [-0.1, -0.05) is 24.3 Å². The van der Waals surface area contributed by atoms with E-state index < -0.39 is 10.8 Å². The highest BCUT2D eigenvalue weighted by molar-refractivity contribution is 7.84. The van der Waals surface area contributed by atoms with E-state index in [2.05, 4.69) is 5.32 Å². The lowest BCUT2D eigenvalue weighted by Gasteiger charge is -2.09. The summed E-state index contributed by atoms with van der Waals surface area (Å²) in [4.78, 5) is 0. The molecule has 0 radical (unpaired) electrons. The second-order valence-corrected chi connectivity index (χ2v) is 6.54. The number of anilines is 1. The van der Waals surface area contributed by atoms with Crippen LogP contribution in [0.15, 0.2) is 48.5 Å². The zero-order valence-electron chi connectivity index (χ0n) is 12.5. The average molecular weight is 321 g/mol. The normalized spacial score (nSPS) is 12.1. The molecule has 1 atom stereocenters. The van der Waals surface area contributed by atoms with Crippen LogP contribution in [-0.4, -0.2) is 23.7 Å². The minimum absolute atomic E-state index is 0.232. The molecule has 2 rings (SSSR count). The van der Waals surface area contributed by atoms with Crippen LogP contribution < -0.4 is 5.32 Å². The molecule has 2 aromatic rings. The number of halogens is 1. The van der Waals surface area contributed by atoms with E-state index in [0.717, 1.165) is 16.8 Å². The molecule has 1 N–H and O–H groups in total. The molecule has 2 aromatic carbocycles. The SMILES string of the molecule is COCC[S@@](=O)Cc1cccc(NCc2ccc(F)cc2)c1. The van der Waals surface area contributed by atoms with Gasteiger partial charge in [-0.3, -0.25) is 4.21 Å². The van der Waals surface area contributed by atoms with Crippen molar-refractivity contribution in [2.75, 3.05) is 24.8 Å². The van der Waals surface area contributed by atoms with E-state index >= 15 is 0 Å². The third kappa shape index (κ3) is 5.58. The Bertz CT molecular complexity index is 616. The van der Waals surface area contributed by atoms with Gasteiger partial charge in [0.25, 0.3) is 0 Å². The van der Waals surface area contributed by atoms with Gasteiger partial charge in [0.05, 0.1) is 6.61 Å². The van der Waals surface area contributed by atoms with Gasteiger partial charge in [0.2, 0.25) is 0 Å². The first-order valence-electron chi connectivity index (χ1n) is 7.08. The number of nitrogens with one attached hydrogen (secondary N) is 1. The van der Waals surface area contributed by atoms with Crippen molar-refractivity contribution in [1.29, 1.82) is 0 Å². The lowest BCUT2D eigenvalue weighted by atomic mass is 10.2. The standard InChI is InChI=1S/C17H20FNO2S/c1-21-9-10-22(20)13-15-3-2-4-17(11-15)19-12-14-5-7-16(18)8-6-14/h2-8,11,19H,9-10,12-13H2,1H3/t22-/m1/s1. The van der Waals surface area contributed by atoms with Gasteiger partial charge in [0.1, 0.15) is 5.82 Å². The summed E-state index contributed by atoms with van der Waals surface area (Å²) < 4.78 is 29.7. The maximum atomic E-state index is 12.9. The van der Waals surface area contributed by atoms with Crippen LogP contribution in [0.4, 0.5) is 10.1 Å². The van der Waals surface area contributed by atoms with Gasteiger partial charge < -0.3 is 10.1 Å². The van der Waals surface area contributed by atoms with Crippen molar-refractivity contribution >= 4 is 16.5 Å². The summed E-state index contributed by atoms with van der Waals surface area (Å²) in [7, 11) is 0.692. The van der Waals surface area contributed by atoms with Gasteiger partial charge in [0, 0.05) is 41.6 Å². The van der Waals surface area contributed by atoms with Crippen LogP contribution in [-0.2, 0) is 27.8 Å². The van der Waals surface area contributed by atoms with Crippen molar-refractivity contribution < 1.29 is 13.3 Å². The van der Waals surface area contributed by atoms with Gasteiger partial charge in [-0.25, -0.2) is 4.39 Å². The molecule has 0 saturated carbocycles. The minimum Gasteiger partial charge on any atom is -0.384 e. The Hall–Kier alpha value is -1.72. The second-order valence-electron chi connectivity index (χ2n) is 4.96. The summed E-state index contributed by atoms with van der Waals surface area (Å²) in [6.45, 7) is 1.13. The number of ether oxygens (including phenoxy) is 1. The van der Waals surface area contributed by atoms with Crippen molar-refractivity contribution in [3.8, 4) is 0 Å². The molecular formula is C17H20FNO2S. The maximum Gasteiger partial charge on any atom is 0.123 e. The Morgan fingerprint density at radius 1 is 1.14 bits per heavy atom. The lowest BCUT2D eigenvalue weighted by Crippen LogP contribution is -2.06. The Kier molecular flexibility index (Phi) is 6.55. The van der Waals surface area contributed by atoms with E-state index in [1.807, 2.05) is 24.3 Å². The van der Waals surface area contributed by atoms with Gasteiger partial charge >= 0.3 is 0 Å². The summed E-state index contributed by atoms with van der Waals surface area (Å²) >= 11 is 0. The van der Waals surface area contributed by atoms with E-state index in [9.17, 15) is 8.60 Å². The third-order valence-corrected chi connectivity index (χ3v) is 4.46. The summed E-state index contributed by atoms with van der Waals surface area (Å²) in [5.41, 5.74) is 3.00. The molecule has 0 aromatic heterocycles. The highest BCUT2D eigenvalue weighted by Crippen LogP contribution is 2.14. The molecule has 118 valence electrons. The summed E-state index contributed by atoms with van der Waals surface area (Å²) in [5.74, 6) is 0.836. The molecule has 3 nitrogen and oxygen atoms in total. The Labute approximate surface area is 133 Å². The summed E-state index contributed by atoms with van der Waals surface area (Å²) in [5, 5.41) is 3.29. The minimum atomic E-state index is -0.916. The molecule has 0 aliphatic heterocycles. The van der Waals surface area contributed by atoms with Crippen LogP contribution in [0.1, 0.15) is 11.1 Å². The molecule has 0 bridgehead atoms. The summed E-state index contributed by atoms with van der Waals surface area (Å²) in [6.07, 6.45) is 0. The van der Waals surface area contributed by atoms with Gasteiger partial charge in [0.15, 0.2) is 0 Å². The van der Waals surface area contributed by atoms with Crippen LogP contribution in [0.3, 0.4) is 0 Å². The van der Waals surface area contributed by atoms with E-state index in [4.69, 9.17) is 4.74 Å². The topological polar surface area (TPSA) is 38.3 Å². The maximum absolute atomic E-state index is 12.9. The van der Waals surface area contributed by atoms with E-state index in [1.165, 1.54) is 12.1 Å². The van der Waals surface area contributed by atoms with Gasteiger partial charge in [-0.05, 0) is 35.4 Å². The summed E-state index contributed by atoms with van der Waals surface area (Å²) in [6, 6.07) is 14.3. The van der Waals surface area contributed by atoms with Crippen molar-refractivity contribution in [3.63, 3.8) is 0 Å². The molecule has 0 aliphatic rings. The van der Waals surface area contributed by atoms with Crippen molar-refractivity contribution in [1.82, 2.24) is 0 Å². The Balaban J connectivity index is 1.90. The molecule has 0 spiro atoms. The van der Waals surface area contributed by atoms with E-state index in [-0.39, 0.29) is 5.82 Å². The Morgan fingerprint density at radius 2 is 1.91 bits per heavy atom. The second kappa shape index (κ2) is 8.66. The van der Waals surface area contributed by atoms with Crippen LogP contribution in [0.5, 0.6) is 0 Å². The molecule has 0 saturated heterocycles. The van der Waals surface area contributed by atoms with Crippen LogP contribution in [0.25, 0.3) is 0 Å². The molecular weight excluding hydrogens is 301 g/mol. The van der Waals surface area contributed by atoms with E-state index in [0.29, 0.717) is 24.7 Å². The zero-order valence-corrected chi connectivity index (χ0v) is 13.4. The van der Waals surface area contributed by atoms with Crippen LogP contribution in [0, 0.1) is 5.82 Å². The van der Waals surface area contributed by atoms with Crippen molar-refractivity contribution in [2.45, 2.75) is 12.3 Å². The molecule has 0 fully saturated rings. The fraction of sp³-hybridized carbons (Fsp3) is 0.294. The lowest BCUT2D eigenvalue weighted by molar-refractivity contribution is 0.218. The molecule has 0 amide bonds. The predicted octanol–water partition coefficient (Wildman–Crippen LogP) is 3.33. The first-order chi connectivity index (χ1) is 10.7. The monoisotopic (exact) mass is 321 g/mol. The van der Waals surface area contributed by atoms with Crippen molar-refractivity contribution in [2.24, 2.45) is 0 Å². The zero-order chi connectivity index (χ0) is 15.8. The number of benzene rings is 2. The van der Waals surface area contributed by atoms with Gasteiger partial charge in [-0.2, -0.15) is 0 Å². The highest BCUT2D eigenvalue weighted by atomic mass is 32.2. The molecule has 0 aliphatic carbocycles. The number of hydrogen-bond acceptors (Lipinski definition) is 3. The highest BCUT2D eigenvalue weighted by Gasteiger charge is 2.03. The Morgan fingerprint density at radius 3 is 2.64 bits per heavy atom. The largest absolute Gasteiger partial charge is 0.384 e. The quantitative estimate of drug-likeness (QED) is 0.810. The van der Waals surface area contributed by atoms with Crippen molar-refractivity contribution in [3.05, 3.63) is 65.5 Å². The van der Waals surface area contributed by atoms with Crippen LogP contribution in [0.2, 0.25) is 0 Å². The van der Waals surface area contributed by atoms with Gasteiger partial charge in [-0.15, -0.1) is 0 Å². The molecule has 0 heterocycles. The van der Waals surface area contributed by atoms with Crippen LogP contribution >= 0.6 is 0 Å². The average Bonchev–Trinajstić information content (AvgIpc) is 2.53. The molecule has 22 heavy (non-hydrogen) atoms. The first-order valence-corrected chi connectivity index (χ1v) is 8.57. The number of methoxy groups -OCH3 is 1. The first kappa shape index (κ1) is 16.6. The molecule has 5 heteroatoms.